The lowest BCUT2D eigenvalue weighted by Crippen LogP contribution is -2.18. The van der Waals surface area contributed by atoms with E-state index in [1.54, 1.807) is 0 Å². The van der Waals surface area contributed by atoms with Gasteiger partial charge >= 0.3 is 5.97 Å². The minimum Gasteiger partial charge on any atom is -0.469 e. The highest BCUT2D eigenvalue weighted by molar-refractivity contribution is 5.68. The second-order valence-corrected chi connectivity index (χ2v) is 4.53. The van der Waals surface area contributed by atoms with Crippen molar-refractivity contribution >= 4 is 5.97 Å². The zero-order chi connectivity index (χ0) is 12.1. The third kappa shape index (κ3) is 3.89. The molecule has 1 saturated carbocycles. The Morgan fingerprint density at radius 1 is 1.59 bits per heavy atom. The molecule has 4 heteroatoms. The van der Waals surface area contributed by atoms with E-state index >= 15 is 0 Å². The first-order valence-electron chi connectivity index (χ1n) is 6.24. The lowest BCUT2D eigenvalue weighted by Gasteiger charge is -2.09. The van der Waals surface area contributed by atoms with Crippen LogP contribution in [0.1, 0.15) is 31.4 Å². The number of methoxy groups -OCH3 is 1. The molecule has 4 nitrogen and oxygen atoms in total. The van der Waals surface area contributed by atoms with Gasteiger partial charge in [0.1, 0.15) is 0 Å². The van der Waals surface area contributed by atoms with Crippen molar-refractivity contribution in [1.29, 1.82) is 0 Å². The van der Waals surface area contributed by atoms with Crippen LogP contribution in [0.25, 0.3) is 0 Å². The van der Waals surface area contributed by atoms with E-state index in [9.17, 15) is 4.79 Å². The predicted molar refractivity (Wildman–Crippen MR) is 65.5 cm³/mol. The number of carbonyl (C=O) groups excluding carboxylic acids is 1. The summed E-state index contributed by atoms with van der Waals surface area (Å²) in [6, 6.07) is 4.92. The molecule has 1 N–H and O–H groups in total. The first kappa shape index (κ1) is 12.2. The van der Waals surface area contributed by atoms with E-state index < -0.39 is 0 Å². The molecule has 1 aliphatic rings. The van der Waals surface area contributed by atoms with E-state index in [0.717, 1.165) is 25.6 Å². The van der Waals surface area contributed by atoms with Crippen molar-refractivity contribution in [1.82, 2.24) is 9.88 Å². The molecule has 1 heterocycles. The lowest BCUT2D eigenvalue weighted by atomic mass is 10.3. The van der Waals surface area contributed by atoms with Crippen LogP contribution in [-0.2, 0) is 22.6 Å². The Bertz CT molecular complexity index is 369. The molecule has 0 saturated heterocycles. The van der Waals surface area contributed by atoms with Gasteiger partial charge in [-0.2, -0.15) is 0 Å². The van der Waals surface area contributed by atoms with Crippen LogP contribution in [-0.4, -0.2) is 23.7 Å². The molecule has 1 aliphatic carbocycles. The Labute approximate surface area is 102 Å². The zero-order valence-corrected chi connectivity index (χ0v) is 10.3. The van der Waals surface area contributed by atoms with Crippen molar-refractivity contribution < 1.29 is 9.53 Å². The van der Waals surface area contributed by atoms with E-state index in [4.69, 9.17) is 0 Å². The Morgan fingerprint density at radius 2 is 2.41 bits per heavy atom. The van der Waals surface area contributed by atoms with Crippen LogP contribution < -0.4 is 5.32 Å². The summed E-state index contributed by atoms with van der Waals surface area (Å²) < 4.78 is 6.83. The van der Waals surface area contributed by atoms with Gasteiger partial charge in [-0.15, -0.1) is 0 Å². The monoisotopic (exact) mass is 236 g/mol. The number of aryl methyl sites for hydroxylation is 1. The highest BCUT2D eigenvalue weighted by Gasteiger charge is 2.20. The smallest absolute Gasteiger partial charge is 0.305 e. The van der Waals surface area contributed by atoms with Gasteiger partial charge in [0.05, 0.1) is 7.11 Å². The number of rotatable bonds is 7. The van der Waals surface area contributed by atoms with Crippen LogP contribution in [0.5, 0.6) is 0 Å². The molecule has 94 valence electrons. The molecule has 17 heavy (non-hydrogen) atoms. The predicted octanol–water partition coefficient (Wildman–Crippen LogP) is 1.69. The molecule has 1 aromatic heterocycles. The summed E-state index contributed by atoms with van der Waals surface area (Å²) in [6.07, 6.45) is 6.01. The van der Waals surface area contributed by atoms with Crippen LogP contribution in [0, 0.1) is 0 Å². The average Bonchev–Trinajstić information content (AvgIpc) is 3.07. The molecule has 0 unspecified atom stereocenters. The van der Waals surface area contributed by atoms with Gasteiger partial charge in [-0.3, -0.25) is 4.79 Å². The van der Waals surface area contributed by atoms with E-state index in [2.05, 4.69) is 33.0 Å². The molecule has 0 atom stereocenters. The van der Waals surface area contributed by atoms with Gasteiger partial charge in [0.2, 0.25) is 0 Å². The summed E-state index contributed by atoms with van der Waals surface area (Å²) in [6.45, 7) is 1.81. The molecule has 1 fully saturated rings. The molecular weight excluding hydrogens is 216 g/mol. The quantitative estimate of drug-likeness (QED) is 0.733. The fraction of sp³-hybridized carbons (Fsp3) is 0.615. The molecule has 0 aliphatic heterocycles. The molecule has 0 radical (unpaired) electrons. The molecular formula is C13H20N2O2. The van der Waals surface area contributed by atoms with Crippen molar-refractivity contribution in [3.05, 3.63) is 24.0 Å². The first-order chi connectivity index (χ1) is 8.29. The summed E-state index contributed by atoms with van der Waals surface area (Å²) in [7, 11) is 1.43. The van der Waals surface area contributed by atoms with Crippen LogP contribution in [0.4, 0.5) is 0 Å². The van der Waals surface area contributed by atoms with Crippen LogP contribution in [0.3, 0.4) is 0 Å². The average molecular weight is 236 g/mol. The first-order valence-corrected chi connectivity index (χ1v) is 6.24. The number of hydrogen-bond acceptors (Lipinski definition) is 3. The summed E-state index contributed by atoms with van der Waals surface area (Å²) in [5.74, 6) is -0.130. The minimum absolute atomic E-state index is 0.130. The van der Waals surface area contributed by atoms with E-state index in [1.165, 1.54) is 25.6 Å². The third-order valence-electron chi connectivity index (χ3n) is 3.08. The van der Waals surface area contributed by atoms with Crippen molar-refractivity contribution in [2.45, 2.75) is 44.8 Å². The van der Waals surface area contributed by atoms with Gasteiger partial charge in [-0.25, -0.2) is 0 Å². The van der Waals surface area contributed by atoms with Crippen LogP contribution >= 0.6 is 0 Å². The highest BCUT2D eigenvalue weighted by Crippen LogP contribution is 2.19. The topological polar surface area (TPSA) is 43.3 Å². The number of nitrogens with one attached hydrogen (secondary N) is 1. The van der Waals surface area contributed by atoms with Gasteiger partial charge in [-0.1, -0.05) is 0 Å². The summed E-state index contributed by atoms with van der Waals surface area (Å²) in [5.41, 5.74) is 1.29. The number of esters is 1. The number of ether oxygens (including phenoxy) is 1. The Hall–Kier alpha value is -1.29. The van der Waals surface area contributed by atoms with E-state index in [1.807, 2.05) is 0 Å². The summed E-state index contributed by atoms with van der Waals surface area (Å²) >= 11 is 0. The van der Waals surface area contributed by atoms with Crippen molar-refractivity contribution in [2.75, 3.05) is 7.11 Å². The number of aromatic nitrogens is 1. The second-order valence-electron chi connectivity index (χ2n) is 4.53. The van der Waals surface area contributed by atoms with Crippen molar-refractivity contribution in [2.24, 2.45) is 0 Å². The van der Waals surface area contributed by atoms with E-state index in [-0.39, 0.29) is 5.97 Å². The number of nitrogens with zero attached hydrogens (tertiary/aromatic N) is 1. The van der Waals surface area contributed by atoms with Gasteiger partial charge in [-0.05, 0) is 31.4 Å². The van der Waals surface area contributed by atoms with Crippen LogP contribution in [0.15, 0.2) is 18.3 Å². The number of hydrogen-bond donors (Lipinski definition) is 1. The molecule has 1 aromatic rings. The van der Waals surface area contributed by atoms with Crippen LogP contribution in [0.2, 0.25) is 0 Å². The van der Waals surface area contributed by atoms with Gasteiger partial charge in [0.15, 0.2) is 0 Å². The Balaban J connectivity index is 1.74. The van der Waals surface area contributed by atoms with Gasteiger partial charge in [0, 0.05) is 37.4 Å². The van der Waals surface area contributed by atoms with E-state index in [0.29, 0.717) is 6.42 Å². The normalized spacial score (nSPS) is 14.9. The second kappa shape index (κ2) is 5.87. The number of carbonyl (C=O) groups is 1. The largest absolute Gasteiger partial charge is 0.469 e. The maximum atomic E-state index is 11.0. The standard InChI is InChI=1S/C13H20N2O2/c1-17-13(16)5-3-9-15-8-2-4-12(15)10-14-11-6-7-11/h2,4,8,11,14H,3,5-7,9-10H2,1H3. The minimum atomic E-state index is -0.130. The summed E-state index contributed by atoms with van der Waals surface area (Å²) in [4.78, 5) is 11.0. The molecule has 0 aromatic carbocycles. The molecule has 0 bridgehead atoms. The maximum Gasteiger partial charge on any atom is 0.305 e. The maximum absolute atomic E-state index is 11.0. The fourth-order valence-corrected chi connectivity index (χ4v) is 1.86. The van der Waals surface area contributed by atoms with Gasteiger partial charge in [0.25, 0.3) is 0 Å². The lowest BCUT2D eigenvalue weighted by molar-refractivity contribution is -0.140. The fourth-order valence-electron chi connectivity index (χ4n) is 1.86. The third-order valence-corrected chi connectivity index (χ3v) is 3.08. The van der Waals surface area contributed by atoms with Gasteiger partial charge < -0.3 is 14.6 Å². The van der Waals surface area contributed by atoms with Crippen molar-refractivity contribution in [3.63, 3.8) is 0 Å². The van der Waals surface area contributed by atoms with Crippen molar-refractivity contribution in [3.8, 4) is 0 Å². The molecule has 0 amide bonds. The molecule has 2 rings (SSSR count). The Kier molecular flexibility index (Phi) is 4.20. The molecule has 0 spiro atoms. The Morgan fingerprint density at radius 3 is 3.12 bits per heavy atom. The highest BCUT2D eigenvalue weighted by atomic mass is 16.5. The zero-order valence-electron chi connectivity index (χ0n) is 10.3. The SMILES string of the molecule is COC(=O)CCCn1cccc1CNC1CC1. The summed E-state index contributed by atoms with van der Waals surface area (Å²) in [5, 5.41) is 3.50.